The van der Waals surface area contributed by atoms with Crippen LogP contribution in [0.1, 0.15) is 42.9 Å². The van der Waals surface area contributed by atoms with Gasteiger partial charge in [-0.05, 0) is 37.0 Å². The van der Waals surface area contributed by atoms with Gasteiger partial charge in [0.25, 0.3) is 5.91 Å². The van der Waals surface area contributed by atoms with E-state index in [1.54, 1.807) is 6.92 Å². The molecule has 19 heavy (non-hydrogen) atoms. The minimum absolute atomic E-state index is 0.0837. The number of aromatic amines is 1. The van der Waals surface area contributed by atoms with E-state index < -0.39 is 0 Å². The number of rotatable bonds is 2. The third-order valence-electron chi connectivity index (χ3n) is 5.13. The number of hydrogen-bond acceptors (Lipinski definition) is 3. The van der Waals surface area contributed by atoms with Crippen molar-refractivity contribution in [1.82, 2.24) is 20.7 Å². The predicted molar refractivity (Wildman–Crippen MR) is 71.5 cm³/mol. The van der Waals surface area contributed by atoms with Crippen molar-refractivity contribution < 1.29 is 4.79 Å². The number of fused-ring (bicyclic) bond motifs is 2. The normalized spacial score (nSPS) is 31.7. The lowest BCUT2D eigenvalue weighted by Crippen LogP contribution is -2.57. The quantitative estimate of drug-likeness (QED) is 0.797. The van der Waals surface area contributed by atoms with Crippen LogP contribution in [0.15, 0.2) is 12.2 Å². The van der Waals surface area contributed by atoms with Crippen LogP contribution in [0.4, 0.5) is 0 Å². The molecule has 1 heterocycles. The molecule has 3 aliphatic rings. The Morgan fingerprint density at radius 1 is 1.42 bits per heavy atom. The summed E-state index contributed by atoms with van der Waals surface area (Å²) < 4.78 is 0. The van der Waals surface area contributed by atoms with E-state index in [1.165, 1.54) is 12.0 Å². The number of nitrogens with one attached hydrogen (secondary N) is 2. The van der Waals surface area contributed by atoms with Gasteiger partial charge in [-0.3, -0.25) is 4.79 Å². The number of carbonyl (C=O) groups is 1. The smallest absolute Gasteiger partial charge is 0.274 e. The minimum Gasteiger partial charge on any atom is -0.344 e. The van der Waals surface area contributed by atoms with Crippen LogP contribution in [0.25, 0.3) is 0 Å². The van der Waals surface area contributed by atoms with Crippen LogP contribution >= 0.6 is 0 Å². The third-order valence-corrected chi connectivity index (χ3v) is 5.13. The molecule has 3 saturated carbocycles. The molecule has 1 aromatic rings. The Hall–Kier alpha value is -1.65. The summed E-state index contributed by atoms with van der Waals surface area (Å²) in [4.78, 5) is 12.1. The van der Waals surface area contributed by atoms with Crippen molar-refractivity contribution in [2.45, 2.75) is 39.7 Å². The van der Waals surface area contributed by atoms with Gasteiger partial charge in [-0.15, -0.1) is 0 Å². The molecule has 1 unspecified atom stereocenters. The van der Waals surface area contributed by atoms with Gasteiger partial charge in [0.2, 0.25) is 0 Å². The maximum atomic E-state index is 12.1. The molecule has 0 aliphatic heterocycles. The molecule has 2 N–H and O–H groups in total. The zero-order chi connectivity index (χ0) is 13.8. The van der Waals surface area contributed by atoms with E-state index in [2.05, 4.69) is 41.2 Å². The SMILES string of the molecule is C=C1C(NC(=O)c2n[nH]nc2C)C[C@H]2C[C@@H]1C2(C)C. The Labute approximate surface area is 112 Å². The molecular weight excluding hydrogens is 240 g/mol. The van der Waals surface area contributed by atoms with Gasteiger partial charge in [0.1, 0.15) is 0 Å². The van der Waals surface area contributed by atoms with Crippen LogP contribution in [0.3, 0.4) is 0 Å². The molecule has 0 saturated heterocycles. The second-order valence-electron chi connectivity index (χ2n) is 6.40. The monoisotopic (exact) mass is 260 g/mol. The molecular formula is C14H20N4O. The minimum atomic E-state index is -0.156. The lowest BCUT2D eigenvalue weighted by atomic mass is 9.46. The second kappa shape index (κ2) is 3.92. The van der Waals surface area contributed by atoms with Gasteiger partial charge < -0.3 is 5.32 Å². The van der Waals surface area contributed by atoms with Crippen molar-refractivity contribution in [3.8, 4) is 0 Å². The Morgan fingerprint density at radius 3 is 2.68 bits per heavy atom. The Balaban J connectivity index is 1.71. The van der Waals surface area contributed by atoms with E-state index in [1.807, 2.05) is 0 Å². The van der Waals surface area contributed by atoms with E-state index in [0.29, 0.717) is 28.6 Å². The number of aryl methyl sites for hydroxylation is 1. The van der Waals surface area contributed by atoms with Crippen LogP contribution in [-0.4, -0.2) is 27.4 Å². The lowest BCUT2D eigenvalue weighted by molar-refractivity contribution is -0.0375. The average Bonchev–Trinajstić information content (AvgIpc) is 2.77. The number of amides is 1. The fourth-order valence-electron chi connectivity index (χ4n) is 3.60. The van der Waals surface area contributed by atoms with Gasteiger partial charge in [-0.25, -0.2) is 0 Å². The maximum absolute atomic E-state index is 12.1. The molecule has 0 aromatic carbocycles. The summed E-state index contributed by atoms with van der Waals surface area (Å²) in [6, 6.07) is 0.0837. The summed E-state index contributed by atoms with van der Waals surface area (Å²) in [5.41, 5.74) is 2.53. The summed E-state index contributed by atoms with van der Waals surface area (Å²) >= 11 is 0. The second-order valence-corrected chi connectivity index (χ2v) is 6.40. The van der Waals surface area contributed by atoms with Crippen molar-refractivity contribution in [2.24, 2.45) is 17.3 Å². The summed E-state index contributed by atoms with van der Waals surface area (Å²) in [7, 11) is 0. The zero-order valence-corrected chi connectivity index (χ0v) is 11.7. The number of hydrogen-bond donors (Lipinski definition) is 2. The lowest BCUT2D eigenvalue weighted by Gasteiger charge is -2.59. The summed E-state index contributed by atoms with van der Waals surface area (Å²) in [5.74, 6) is 1.07. The first-order valence-corrected chi connectivity index (χ1v) is 6.78. The molecule has 0 radical (unpaired) electrons. The van der Waals surface area contributed by atoms with Crippen molar-refractivity contribution in [2.75, 3.05) is 0 Å². The van der Waals surface area contributed by atoms with E-state index >= 15 is 0 Å². The average molecular weight is 260 g/mol. The van der Waals surface area contributed by atoms with Gasteiger partial charge in [0.05, 0.1) is 11.7 Å². The summed E-state index contributed by atoms with van der Waals surface area (Å²) in [6.07, 6.45) is 2.21. The molecule has 4 rings (SSSR count). The highest BCUT2D eigenvalue weighted by molar-refractivity contribution is 5.93. The van der Waals surface area contributed by atoms with Crippen LogP contribution < -0.4 is 5.32 Å². The first-order valence-electron chi connectivity index (χ1n) is 6.78. The van der Waals surface area contributed by atoms with Gasteiger partial charge in [-0.1, -0.05) is 26.0 Å². The molecule has 0 spiro atoms. The van der Waals surface area contributed by atoms with E-state index in [9.17, 15) is 4.79 Å². The van der Waals surface area contributed by atoms with E-state index in [0.717, 1.165) is 6.42 Å². The molecule has 102 valence electrons. The largest absolute Gasteiger partial charge is 0.344 e. The van der Waals surface area contributed by atoms with Gasteiger partial charge in [-0.2, -0.15) is 15.4 Å². The molecule has 2 bridgehead atoms. The van der Waals surface area contributed by atoms with Crippen molar-refractivity contribution in [3.05, 3.63) is 23.5 Å². The molecule has 1 amide bonds. The highest BCUT2D eigenvalue weighted by Crippen LogP contribution is 2.60. The van der Waals surface area contributed by atoms with Crippen molar-refractivity contribution in [1.29, 1.82) is 0 Å². The molecule has 5 nitrogen and oxygen atoms in total. The molecule has 3 fully saturated rings. The molecule has 3 atom stereocenters. The zero-order valence-electron chi connectivity index (χ0n) is 11.7. The van der Waals surface area contributed by atoms with Gasteiger partial charge in [0, 0.05) is 0 Å². The topological polar surface area (TPSA) is 70.7 Å². The van der Waals surface area contributed by atoms with Crippen molar-refractivity contribution >= 4 is 5.91 Å². The van der Waals surface area contributed by atoms with E-state index in [4.69, 9.17) is 0 Å². The standard InChI is InChI=1S/C14H20N4O/c1-7-10-5-9(14(10,3)4)6-11(7)15-13(19)12-8(2)16-18-17-12/h9-11H,1,5-6H2,2-4H3,(H,15,19)(H,16,17,18)/t9-,10+,11?/m1/s1. The predicted octanol–water partition coefficient (Wildman–Crippen LogP) is 1.83. The first-order chi connectivity index (χ1) is 8.91. The summed E-state index contributed by atoms with van der Waals surface area (Å²) in [5, 5.41) is 13.3. The number of nitrogens with zero attached hydrogens (tertiary/aromatic N) is 2. The van der Waals surface area contributed by atoms with E-state index in [-0.39, 0.29) is 11.9 Å². The third kappa shape index (κ3) is 1.71. The van der Waals surface area contributed by atoms with Gasteiger partial charge in [0.15, 0.2) is 5.69 Å². The number of carbonyl (C=O) groups excluding carboxylic acids is 1. The van der Waals surface area contributed by atoms with Crippen LogP contribution in [-0.2, 0) is 0 Å². The fraction of sp³-hybridized carbons (Fsp3) is 0.643. The van der Waals surface area contributed by atoms with Crippen LogP contribution in [0.5, 0.6) is 0 Å². The first kappa shape index (κ1) is 12.4. The van der Waals surface area contributed by atoms with Crippen LogP contribution in [0.2, 0.25) is 0 Å². The molecule has 3 aliphatic carbocycles. The highest BCUT2D eigenvalue weighted by atomic mass is 16.2. The fourth-order valence-corrected chi connectivity index (χ4v) is 3.60. The van der Waals surface area contributed by atoms with Crippen molar-refractivity contribution in [3.63, 3.8) is 0 Å². The van der Waals surface area contributed by atoms with Crippen LogP contribution in [0, 0.1) is 24.2 Å². The number of aromatic nitrogens is 3. The molecule has 5 heteroatoms. The highest BCUT2D eigenvalue weighted by Gasteiger charge is 2.54. The Bertz CT molecular complexity index is 545. The Kier molecular flexibility index (Phi) is 2.56. The molecule has 1 aromatic heterocycles. The maximum Gasteiger partial charge on any atom is 0.274 e. The summed E-state index contributed by atoms with van der Waals surface area (Å²) in [6.45, 7) is 10.6. The Morgan fingerprint density at radius 2 is 2.16 bits per heavy atom. The van der Waals surface area contributed by atoms with Gasteiger partial charge >= 0.3 is 0 Å². The number of H-pyrrole nitrogens is 1.